The Hall–Kier alpha value is -0.900. The molecule has 0 saturated heterocycles. The molecule has 0 aromatic heterocycles. The van der Waals surface area contributed by atoms with Crippen molar-refractivity contribution in [1.29, 1.82) is 0 Å². The van der Waals surface area contributed by atoms with E-state index < -0.39 is 0 Å². The van der Waals surface area contributed by atoms with Crippen molar-refractivity contribution < 1.29 is 4.39 Å². The van der Waals surface area contributed by atoms with E-state index >= 15 is 0 Å². The van der Waals surface area contributed by atoms with Gasteiger partial charge in [-0.1, -0.05) is 40.5 Å². The van der Waals surface area contributed by atoms with Gasteiger partial charge in [-0.3, -0.25) is 0 Å². The van der Waals surface area contributed by atoms with Gasteiger partial charge in [-0.2, -0.15) is 0 Å². The molecule has 0 saturated carbocycles. The first-order valence-electron chi connectivity index (χ1n) is 6.96. The predicted molar refractivity (Wildman–Crippen MR) is 90.4 cm³/mol. The van der Waals surface area contributed by atoms with Gasteiger partial charge in [-0.15, -0.1) is 0 Å². The van der Waals surface area contributed by atoms with Crippen molar-refractivity contribution in [1.82, 2.24) is 5.32 Å². The van der Waals surface area contributed by atoms with Gasteiger partial charge >= 0.3 is 0 Å². The summed E-state index contributed by atoms with van der Waals surface area (Å²) in [5, 5.41) is 4.13. The van der Waals surface area contributed by atoms with E-state index in [9.17, 15) is 4.39 Å². The molecule has 0 radical (unpaired) electrons. The number of benzene rings is 2. The Kier molecular flexibility index (Phi) is 5.80. The van der Waals surface area contributed by atoms with E-state index in [1.807, 2.05) is 31.2 Å². The normalized spacial score (nSPS) is 12.4. The summed E-state index contributed by atoms with van der Waals surface area (Å²) in [6, 6.07) is 10.8. The van der Waals surface area contributed by atoms with Crippen LogP contribution in [0.25, 0.3) is 0 Å². The second-order valence-corrected chi connectivity index (χ2v) is 6.50. The molecule has 0 fully saturated rings. The van der Waals surface area contributed by atoms with Crippen molar-refractivity contribution in [3.8, 4) is 0 Å². The minimum absolute atomic E-state index is 0.0747. The van der Waals surface area contributed by atoms with Gasteiger partial charge in [0.1, 0.15) is 5.82 Å². The van der Waals surface area contributed by atoms with Crippen LogP contribution in [0.15, 0.2) is 40.9 Å². The van der Waals surface area contributed by atoms with Crippen LogP contribution in [0.5, 0.6) is 0 Å². The number of nitrogens with one attached hydrogen (secondary N) is 1. The average molecular weight is 371 g/mol. The van der Waals surface area contributed by atoms with E-state index in [1.54, 1.807) is 6.07 Å². The molecule has 1 nitrogen and oxygen atoms in total. The Labute approximate surface area is 138 Å². The summed E-state index contributed by atoms with van der Waals surface area (Å²) in [6.07, 6.45) is 1.01. The van der Waals surface area contributed by atoms with Crippen LogP contribution in [0.3, 0.4) is 0 Å². The number of halogens is 3. The molecule has 2 aromatic rings. The highest BCUT2D eigenvalue weighted by atomic mass is 79.9. The van der Waals surface area contributed by atoms with Crippen molar-refractivity contribution in [3.05, 3.63) is 68.4 Å². The maximum Gasteiger partial charge on any atom is 0.123 e. The van der Waals surface area contributed by atoms with Crippen LogP contribution < -0.4 is 5.32 Å². The summed E-state index contributed by atoms with van der Waals surface area (Å²) in [7, 11) is 0. The quantitative estimate of drug-likeness (QED) is 0.718. The van der Waals surface area contributed by atoms with Crippen molar-refractivity contribution in [2.24, 2.45) is 0 Å². The molecule has 1 unspecified atom stereocenters. The SMILES string of the molecule is CCCNC(c1cc(C)cc(F)c1)c1cc(Cl)cc(Br)c1. The zero-order valence-electron chi connectivity index (χ0n) is 12.1. The highest BCUT2D eigenvalue weighted by molar-refractivity contribution is 9.10. The molecule has 0 heterocycles. The molecule has 0 aliphatic rings. The van der Waals surface area contributed by atoms with E-state index in [-0.39, 0.29) is 11.9 Å². The second kappa shape index (κ2) is 7.39. The largest absolute Gasteiger partial charge is 0.306 e. The van der Waals surface area contributed by atoms with Gasteiger partial charge in [0, 0.05) is 9.50 Å². The molecule has 0 aliphatic carbocycles. The zero-order valence-corrected chi connectivity index (χ0v) is 14.4. The summed E-state index contributed by atoms with van der Waals surface area (Å²) in [5.41, 5.74) is 2.84. The topological polar surface area (TPSA) is 12.0 Å². The van der Waals surface area contributed by atoms with Crippen molar-refractivity contribution >= 4 is 27.5 Å². The van der Waals surface area contributed by atoms with Gasteiger partial charge in [0.15, 0.2) is 0 Å². The first kappa shape index (κ1) is 16.5. The molecule has 0 spiro atoms. The minimum Gasteiger partial charge on any atom is -0.306 e. The van der Waals surface area contributed by atoms with Crippen LogP contribution in [0.2, 0.25) is 5.02 Å². The van der Waals surface area contributed by atoms with Crippen LogP contribution in [0, 0.1) is 12.7 Å². The third-order valence-electron chi connectivity index (χ3n) is 3.21. The fraction of sp³-hybridized carbons (Fsp3) is 0.294. The predicted octanol–water partition coefficient (Wildman–Crippen LogP) is 5.64. The van der Waals surface area contributed by atoms with Crippen LogP contribution in [0.1, 0.15) is 36.1 Å². The Balaban J connectivity index is 2.46. The van der Waals surface area contributed by atoms with Crippen molar-refractivity contribution in [2.75, 3.05) is 6.54 Å². The smallest absolute Gasteiger partial charge is 0.123 e. The summed E-state index contributed by atoms with van der Waals surface area (Å²) < 4.78 is 14.6. The molecule has 2 rings (SSSR count). The van der Waals surface area contributed by atoms with Crippen molar-refractivity contribution in [2.45, 2.75) is 26.3 Å². The first-order valence-corrected chi connectivity index (χ1v) is 8.13. The van der Waals surface area contributed by atoms with Crippen molar-refractivity contribution in [3.63, 3.8) is 0 Å². The molecule has 112 valence electrons. The van der Waals surface area contributed by atoms with E-state index in [0.717, 1.165) is 34.1 Å². The van der Waals surface area contributed by atoms with E-state index in [1.165, 1.54) is 6.07 Å². The van der Waals surface area contributed by atoms with Gasteiger partial charge in [0.25, 0.3) is 0 Å². The standard InChI is InChI=1S/C17H18BrClFN/c1-3-4-21-17(12-5-11(2)6-16(20)9-12)13-7-14(18)10-15(19)8-13/h5-10,17,21H,3-4H2,1-2H3. The zero-order chi connectivity index (χ0) is 15.4. The molecule has 0 bridgehead atoms. The minimum atomic E-state index is -0.214. The lowest BCUT2D eigenvalue weighted by Gasteiger charge is -2.21. The fourth-order valence-corrected chi connectivity index (χ4v) is 3.28. The Morgan fingerprint density at radius 2 is 1.86 bits per heavy atom. The molecular formula is C17H18BrClFN. The first-order chi connectivity index (χ1) is 9.99. The number of aryl methyl sites for hydroxylation is 1. The molecule has 21 heavy (non-hydrogen) atoms. The van der Waals surface area contributed by atoms with Gasteiger partial charge in [0.2, 0.25) is 0 Å². The van der Waals surface area contributed by atoms with Crippen LogP contribution in [-0.4, -0.2) is 6.54 Å². The Morgan fingerprint density at radius 3 is 2.48 bits per heavy atom. The van der Waals surface area contributed by atoms with Crippen LogP contribution in [0.4, 0.5) is 4.39 Å². The third kappa shape index (κ3) is 4.53. The summed E-state index contributed by atoms with van der Waals surface area (Å²) >= 11 is 9.61. The van der Waals surface area contributed by atoms with Gasteiger partial charge < -0.3 is 5.32 Å². The van der Waals surface area contributed by atoms with Crippen LogP contribution in [-0.2, 0) is 0 Å². The maximum absolute atomic E-state index is 13.7. The molecular weight excluding hydrogens is 353 g/mol. The highest BCUT2D eigenvalue weighted by Gasteiger charge is 2.16. The number of hydrogen-bond donors (Lipinski definition) is 1. The molecule has 0 aliphatic heterocycles. The van der Waals surface area contributed by atoms with E-state index in [0.29, 0.717) is 5.02 Å². The lowest BCUT2D eigenvalue weighted by Crippen LogP contribution is -2.23. The van der Waals surface area contributed by atoms with Gasteiger partial charge in [0.05, 0.1) is 6.04 Å². The monoisotopic (exact) mass is 369 g/mol. The second-order valence-electron chi connectivity index (χ2n) is 5.15. The lowest BCUT2D eigenvalue weighted by atomic mass is 9.97. The van der Waals surface area contributed by atoms with Gasteiger partial charge in [-0.05, 0) is 66.9 Å². The molecule has 1 atom stereocenters. The Bertz CT molecular complexity index is 538. The third-order valence-corrected chi connectivity index (χ3v) is 3.89. The van der Waals surface area contributed by atoms with Crippen LogP contribution >= 0.6 is 27.5 Å². The molecule has 1 N–H and O–H groups in total. The fourth-order valence-electron chi connectivity index (χ4n) is 2.39. The summed E-state index contributed by atoms with van der Waals surface area (Å²) in [4.78, 5) is 0. The molecule has 0 amide bonds. The van der Waals surface area contributed by atoms with E-state index in [2.05, 4.69) is 28.2 Å². The number of hydrogen-bond acceptors (Lipinski definition) is 1. The van der Waals surface area contributed by atoms with Gasteiger partial charge in [-0.25, -0.2) is 4.39 Å². The Morgan fingerprint density at radius 1 is 1.14 bits per heavy atom. The summed E-state index contributed by atoms with van der Waals surface area (Å²) in [6.45, 7) is 4.86. The maximum atomic E-state index is 13.7. The van der Waals surface area contributed by atoms with E-state index in [4.69, 9.17) is 11.6 Å². The summed E-state index contributed by atoms with van der Waals surface area (Å²) in [5.74, 6) is -0.214. The average Bonchev–Trinajstić information content (AvgIpc) is 2.37. The molecule has 4 heteroatoms. The highest BCUT2D eigenvalue weighted by Crippen LogP contribution is 2.29. The lowest BCUT2D eigenvalue weighted by molar-refractivity contribution is 0.584. The number of rotatable bonds is 5. The molecule has 2 aromatic carbocycles.